The predicted octanol–water partition coefficient (Wildman–Crippen LogP) is 17.1. The summed E-state index contributed by atoms with van der Waals surface area (Å²) in [6.07, 6.45) is 55.8. The molecule has 0 aliphatic rings. The smallest absolute Gasteiger partial charge is 0.462 e. The van der Waals surface area contributed by atoms with E-state index >= 15 is 0 Å². The van der Waals surface area contributed by atoms with Crippen LogP contribution in [0.5, 0.6) is 0 Å². The van der Waals surface area contributed by atoms with Crippen LogP contribution in [0, 0.1) is 0 Å². The summed E-state index contributed by atoms with van der Waals surface area (Å²) in [5.41, 5.74) is 5.38. The quantitative estimate of drug-likeness (QED) is 0.0347. The summed E-state index contributed by atoms with van der Waals surface area (Å²) in [7, 11) is -4.38. The van der Waals surface area contributed by atoms with Gasteiger partial charge in [0, 0.05) is 19.4 Å². The minimum atomic E-state index is -4.38. The van der Waals surface area contributed by atoms with E-state index in [1.807, 2.05) is 0 Å². The summed E-state index contributed by atoms with van der Waals surface area (Å²) in [4.78, 5) is 35.1. The van der Waals surface area contributed by atoms with E-state index in [2.05, 4.69) is 13.8 Å². The fourth-order valence-corrected chi connectivity index (χ4v) is 9.35. The SMILES string of the molecule is CCCCCCCCCCCCCCCCCCCCCCCCCCCC(=O)OC(COC(=O)CCCCCCCCCCCCCCCCCCCC)COP(=O)(O)OCCN. The highest BCUT2D eigenvalue weighted by Gasteiger charge is 2.26. The molecule has 0 saturated heterocycles. The summed E-state index contributed by atoms with van der Waals surface area (Å²) in [6, 6.07) is 0. The number of unbranched alkanes of at least 4 members (excludes halogenated alkanes) is 41. The first kappa shape index (κ1) is 63.0. The molecule has 0 aliphatic heterocycles. The first-order valence-corrected chi connectivity index (χ1v) is 29.5. The maximum atomic E-state index is 12.7. The van der Waals surface area contributed by atoms with Crippen LogP contribution in [0.25, 0.3) is 0 Å². The number of phosphoric ester groups is 1. The molecule has 0 heterocycles. The molecule has 3 N–H and O–H groups in total. The molecule has 0 aromatic heterocycles. The molecular formula is C54H108NO8P. The standard InChI is InChI=1S/C54H108NO8P/c1-3-5-7-9-11-13-15-17-19-21-23-24-25-26-27-28-29-31-33-35-37-39-41-43-45-47-54(57)63-52(51-62-64(58,59)61-49-48-55)50-60-53(56)46-44-42-40-38-36-34-32-30-22-20-18-16-14-12-10-8-6-4-2/h52H,3-51,55H2,1-2H3,(H,58,59). The van der Waals surface area contributed by atoms with Crippen LogP contribution in [0.2, 0.25) is 0 Å². The van der Waals surface area contributed by atoms with Crippen LogP contribution in [0.4, 0.5) is 0 Å². The van der Waals surface area contributed by atoms with Gasteiger partial charge in [0.2, 0.25) is 0 Å². The zero-order chi connectivity index (χ0) is 46.7. The summed E-state index contributed by atoms with van der Waals surface area (Å²) in [5, 5.41) is 0. The second-order valence-electron chi connectivity index (χ2n) is 19.2. The molecule has 0 rings (SSSR count). The van der Waals surface area contributed by atoms with Gasteiger partial charge in [0.15, 0.2) is 6.10 Å². The molecule has 0 bridgehead atoms. The predicted molar refractivity (Wildman–Crippen MR) is 271 cm³/mol. The van der Waals surface area contributed by atoms with Gasteiger partial charge in [0.1, 0.15) is 6.61 Å². The average Bonchev–Trinajstić information content (AvgIpc) is 3.28. The van der Waals surface area contributed by atoms with Crippen molar-refractivity contribution in [1.82, 2.24) is 0 Å². The maximum Gasteiger partial charge on any atom is 0.472 e. The average molecular weight is 930 g/mol. The minimum absolute atomic E-state index is 0.0585. The molecule has 0 amide bonds. The summed E-state index contributed by atoms with van der Waals surface area (Å²) in [6.45, 7) is 3.82. The third-order valence-electron chi connectivity index (χ3n) is 12.7. The van der Waals surface area contributed by atoms with Gasteiger partial charge in [0.05, 0.1) is 13.2 Å². The minimum Gasteiger partial charge on any atom is -0.462 e. The lowest BCUT2D eigenvalue weighted by atomic mass is 10.0. The van der Waals surface area contributed by atoms with Crippen molar-refractivity contribution in [3.63, 3.8) is 0 Å². The molecule has 0 spiro atoms. The number of phosphoric acid groups is 1. The normalized spacial score (nSPS) is 13.0. The van der Waals surface area contributed by atoms with Crippen molar-refractivity contribution in [3.05, 3.63) is 0 Å². The van der Waals surface area contributed by atoms with Crippen molar-refractivity contribution < 1.29 is 37.6 Å². The van der Waals surface area contributed by atoms with Gasteiger partial charge < -0.3 is 20.1 Å². The van der Waals surface area contributed by atoms with Gasteiger partial charge in [-0.25, -0.2) is 4.57 Å². The number of carbonyl (C=O) groups excluding carboxylic acids is 2. The van der Waals surface area contributed by atoms with Gasteiger partial charge >= 0.3 is 19.8 Å². The molecule has 9 nitrogen and oxygen atoms in total. The summed E-state index contributed by atoms with van der Waals surface area (Å²) < 4.78 is 33.0. The first-order chi connectivity index (χ1) is 31.3. The zero-order valence-electron chi connectivity index (χ0n) is 42.6. The molecule has 10 heteroatoms. The fourth-order valence-electron chi connectivity index (χ4n) is 8.58. The van der Waals surface area contributed by atoms with E-state index in [-0.39, 0.29) is 38.6 Å². The second kappa shape index (κ2) is 51.4. The number of esters is 2. The van der Waals surface area contributed by atoms with E-state index < -0.39 is 26.5 Å². The van der Waals surface area contributed by atoms with Gasteiger partial charge in [-0.2, -0.15) is 0 Å². The fraction of sp³-hybridized carbons (Fsp3) is 0.963. The molecule has 382 valence electrons. The van der Waals surface area contributed by atoms with Crippen LogP contribution in [0.1, 0.15) is 303 Å². The first-order valence-electron chi connectivity index (χ1n) is 28.0. The molecule has 64 heavy (non-hydrogen) atoms. The van der Waals surface area contributed by atoms with Gasteiger partial charge in [-0.05, 0) is 12.8 Å². The van der Waals surface area contributed by atoms with E-state index in [1.165, 1.54) is 238 Å². The summed E-state index contributed by atoms with van der Waals surface area (Å²) in [5.74, 6) is -0.804. The Labute approximate surface area is 397 Å². The number of rotatable bonds is 54. The number of carbonyl (C=O) groups is 2. The highest BCUT2D eigenvalue weighted by Crippen LogP contribution is 2.43. The Morgan fingerprint density at radius 2 is 0.672 bits per heavy atom. The Bertz CT molecular complexity index is 1020. The van der Waals surface area contributed by atoms with Gasteiger partial charge in [-0.15, -0.1) is 0 Å². The zero-order valence-corrected chi connectivity index (χ0v) is 43.4. The largest absolute Gasteiger partial charge is 0.472 e. The second-order valence-corrected chi connectivity index (χ2v) is 20.6. The molecule has 0 aromatic rings. The topological polar surface area (TPSA) is 134 Å². The number of nitrogens with two attached hydrogens (primary N) is 1. The molecular weight excluding hydrogens is 822 g/mol. The molecule has 2 atom stereocenters. The third kappa shape index (κ3) is 50.4. The highest BCUT2D eigenvalue weighted by atomic mass is 31.2. The van der Waals surface area contributed by atoms with Gasteiger partial charge in [-0.1, -0.05) is 277 Å². The molecule has 0 aromatic carbocycles. The third-order valence-corrected chi connectivity index (χ3v) is 13.7. The lowest BCUT2D eigenvalue weighted by Gasteiger charge is -2.19. The molecule has 0 radical (unpaired) electrons. The molecule has 0 aliphatic carbocycles. The molecule has 0 saturated carbocycles. The van der Waals surface area contributed by atoms with Crippen LogP contribution < -0.4 is 5.73 Å². The number of hydrogen-bond donors (Lipinski definition) is 2. The van der Waals surface area contributed by atoms with E-state index in [0.717, 1.165) is 32.1 Å². The lowest BCUT2D eigenvalue weighted by Crippen LogP contribution is -2.29. The van der Waals surface area contributed by atoms with Crippen molar-refractivity contribution in [3.8, 4) is 0 Å². The Hall–Kier alpha value is -0.990. The van der Waals surface area contributed by atoms with Crippen LogP contribution >= 0.6 is 7.82 Å². The Kier molecular flexibility index (Phi) is 50.6. The van der Waals surface area contributed by atoms with Crippen LogP contribution in [0.3, 0.4) is 0 Å². The van der Waals surface area contributed by atoms with Crippen molar-refractivity contribution >= 4 is 19.8 Å². The molecule has 2 unspecified atom stereocenters. The van der Waals surface area contributed by atoms with E-state index in [1.54, 1.807) is 0 Å². The van der Waals surface area contributed by atoms with Gasteiger partial charge in [-0.3, -0.25) is 18.6 Å². The Morgan fingerprint density at radius 1 is 0.406 bits per heavy atom. The number of hydrogen-bond acceptors (Lipinski definition) is 8. The van der Waals surface area contributed by atoms with E-state index in [4.69, 9.17) is 24.3 Å². The van der Waals surface area contributed by atoms with Crippen LogP contribution in [-0.4, -0.2) is 49.3 Å². The lowest BCUT2D eigenvalue weighted by molar-refractivity contribution is -0.161. The Balaban J connectivity index is 3.92. The van der Waals surface area contributed by atoms with Crippen molar-refractivity contribution in [1.29, 1.82) is 0 Å². The summed E-state index contributed by atoms with van der Waals surface area (Å²) >= 11 is 0. The van der Waals surface area contributed by atoms with Crippen molar-refractivity contribution in [2.45, 2.75) is 309 Å². The monoisotopic (exact) mass is 930 g/mol. The maximum absolute atomic E-state index is 12.7. The number of ether oxygens (including phenoxy) is 2. The van der Waals surface area contributed by atoms with Crippen molar-refractivity contribution in [2.24, 2.45) is 5.73 Å². The molecule has 0 fully saturated rings. The van der Waals surface area contributed by atoms with E-state index in [9.17, 15) is 19.0 Å². The van der Waals surface area contributed by atoms with Crippen LogP contribution in [-0.2, 0) is 32.7 Å². The van der Waals surface area contributed by atoms with Crippen LogP contribution in [0.15, 0.2) is 0 Å². The van der Waals surface area contributed by atoms with E-state index in [0.29, 0.717) is 6.42 Å². The van der Waals surface area contributed by atoms with Crippen molar-refractivity contribution in [2.75, 3.05) is 26.4 Å². The highest BCUT2D eigenvalue weighted by molar-refractivity contribution is 7.47. The van der Waals surface area contributed by atoms with Gasteiger partial charge in [0.25, 0.3) is 0 Å². The Morgan fingerprint density at radius 3 is 0.953 bits per heavy atom.